The minimum Gasteiger partial charge on any atom is -0.330 e. The number of hydrogen-bond donors (Lipinski definition) is 2. The van der Waals surface area contributed by atoms with Crippen LogP contribution in [0.2, 0.25) is 0 Å². The van der Waals surface area contributed by atoms with Crippen LogP contribution in [0.25, 0.3) is 0 Å². The Kier molecular flexibility index (Phi) is 4.11. The van der Waals surface area contributed by atoms with E-state index in [1.165, 1.54) is 12.8 Å². The number of fused-ring (bicyclic) bond motifs is 1. The van der Waals surface area contributed by atoms with Gasteiger partial charge in [0.15, 0.2) is 0 Å². The van der Waals surface area contributed by atoms with Gasteiger partial charge in [-0.15, -0.1) is 0 Å². The molecule has 0 aromatic heterocycles. The molecule has 3 N–H and O–H groups in total. The van der Waals surface area contributed by atoms with Gasteiger partial charge in [0.1, 0.15) is 6.04 Å². The van der Waals surface area contributed by atoms with E-state index in [4.69, 9.17) is 5.73 Å². The lowest BCUT2D eigenvalue weighted by atomic mass is 9.93. The molecule has 0 bridgehead atoms. The Morgan fingerprint density at radius 2 is 1.93 bits per heavy atom. The average Bonchev–Trinajstić information content (AvgIpc) is 3.31. The highest BCUT2D eigenvalue weighted by atomic mass is 16.2. The summed E-state index contributed by atoms with van der Waals surface area (Å²) in [4.78, 5) is 53.2. The maximum Gasteiger partial charge on any atom is 0.262 e. The molecule has 1 aromatic rings. The van der Waals surface area contributed by atoms with E-state index < -0.39 is 23.8 Å². The van der Waals surface area contributed by atoms with Crippen LogP contribution >= 0.6 is 0 Å². The highest BCUT2D eigenvalue weighted by Crippen LogP contribution is 2.56. The molecular formula is C21H24N4O4. The maximum atomic E-state index is 13.2. The zero-order valence-corrected chi connectivity index (χ0v) is 16.1. The van der Waals surface area contributed by atoms with Crippen LogP contribution < -0.4 is 11.1 Å². The van der Waals surface area contributed by atoms with Gasteiger partial charge in [-0.05, 0) is 48.8 Å². The summed E-state index contributed by atoms with van der Waals surface area (Å²) in [6.07, 6.45) is 2.70. The van der Waals surface area contributed by atoms with Gasteiger partial charge in [0.25, 0.3) is 11.8 Å². The molecule has 1 saturated carbocycles. The van der Waals surface area contributed by atoms with E-state index in [1.807, 2.05) is 6.07 Å². The van der Waals surface area contributed by atoms with Gasteiger partial charge in [0, 0.05) is 26.1 Å². The van der Waals surface area contributed by atoms with Crippen LogP contribution in [0.1, 0.15) is 52.0 Å². The highest BCUT2D eigenvalue weighted by Gasteiger charge is 2.54. The SMILES string of the molecule is NCC1CN(Cc2cccc3c2C(=O)N(C2CCC(=O)NC2=O)C3=O)CC12CC2. The largest absolute Gasteiger partial charge is 0.330 e. The lowest BCUT2D eigenvalue weighted by molar-refractivity contribution is -0.136. The number of benzene rings is 1. The smallest absolute Gasteiger partial charge is 0.262 e. The quantitative estimate of drug-likeness (QED) is 0.706. The van der Waals surface area contributed by atoms with Crippen molar-refractivity contribution in [3.8, 4) is 0 Å². The standard InChI is InChI=1S/C21H24N4O4/c22-8-13-10-24(11-21(13)6-7-21)9-12-2-1-3-14-17(12)20(29)25(19(14)28)15-4-5-16(26)23-18(15)27/h1-3,13,15H,4-11,22H2,(H,23,26,27). The van der Waals surface area contributed by atoms with E-state index in [0.29, 0.717) is 35.5 Å². The summed E-state index contributed by atoms with van der Waals surface area (Å²) in [6, 6.07) is 4.38. The molecule has 1 aromatic carbocycles. The van der Waals surface area contributed by atoms with Gasteiger partial charge >= 0.3 is 0 Å². The molecule has 0 radical (unpaired) electrons. The van der Waals surface area contributed by atoms with Crippen molar-refractivity contribution in [3.63, 3.8) is 0 Å². The lowest BCUT2D eigenvalue weighted by Crippen LogP contribution is -2.54. The zero-order valence-electron chi connectivity index (χ0n) is 16.1. The van der Waals surface area contributed by atoms with E-state index >= 15 is 0 Å². The number of likely N-dealkylation sites (tertiary alicyclic amines) is 1. The third-order valence-corrected chi connectivity index (χ3v) is 7.01. The molecule has 4 amide bonds. The molecule has 8 nitrogen and oxygen atoms in total. The molecule has 2 unspecified atom stereocenters. The molecular weight excluding hydrogens is 372 g/mol. The zero-order chi connectivity index (χ0) is 20.3. The fraction of sp³-hybridized carbons (Fsp3) is 0.524. The third-order valence-electron chi connectivity index (χ3n) is 7.01. The molecule has 4 aliphatic rings. The number of imide groups is 2. The van der Waals surface area contributed by atoms with Crippen LogP contribution in [-0.2, 0) is 16.1 Å². The van der Waals surface area contributed by atoms with Crippen LogP contribution in [0.3, 0.4) is 0 Å². The van der Waals surface area contributed by atoms with Crippen molar-refractivity contribution >= 4 is 23.6 Å². The first kappa shape index (κ1) is 18.4. The molecule has 3 fully saturated rings. The van der Waals surface area contributed by atoms with Crippen molar-refractivity contribution in [2.75, 3.05) is 19.6 Å². The Labute approximate surface area is 168 Å². The van der Waals surface area contributed by atoms with Gasteiger partial charge < -0.3 is 5.73 Å². The summed E-state index contributed by atoms with van der Waals surface area (Å²) in [5.41, 5.74) is 7.85. The van der Waals surface area contributed by atoms with Crippen molar-refractivity contribution in [1.29, 1.82) is 0 Å². The van der Waals surface area contributed by atoms with Crippen molar-refractivity contribution in [2.45, 2.75) is 38.3 Å². The second-order valence-electron chi connectivity index (χ2n) is 8.75. The second-order valence-corrected chi connectivity index (χ2v) is 8.75. The van der Waals surface area contributed by atoms with Gasteiger partial charge in [-0.2, -0.15) is 0 Å². The molecule has 5 rings (SSSR count). The van der Waals surface area contributed by atoms with Gasteiger partial charge in [-0.25, -0.2) is 0 Å². The summed E-state index contributed by atoms with van der Waals surface area (Å²) in [6.45, 7) is 3.13. The van der Waals surface area contributed by atoms with Crippen LogP contribution in [-0.4, -0.2) is 59.1 Å². The first-order valence-electron chi connectivity index (χ1n) is 10.2. The fourth-order valence-corrected chi connectivity index (χ4v) is 5.27. The van der Waals surface area contributed by atoms with E-state index in [1.54, 1.807) is 12.1 Å². The Bertz CT molecular complexity index is 939. The molecule has 1 aliphatic carbocycles. The number of hydrogen-bond acceptors (Lipinski definition) is 6. The third kappa shape index (κ3) is 2.81. The van der Waals surface area contributed by atoms with Crippen LogP contribution in [0, 0.1) is 11.3 Å². The van der Waals surface area contributed by atoms with Crippen molar-refractivity contribution in [1.82, 2.24) is 15.1 Å². The number of rotatable bonds is 4. The van der Waals surface area contributed by atoms with E-state index in [2.05, 4.69) is 10.2 Å². The Morgan fingerprint density at radius 1 is 1.14 bits per heavy atom. The fourth-order valence-electron chi connectivity index (χ4n) is 5.27. The molecule has 2 atom stereocenters. The topological polar surface area (TPSA) is 113 Å². The lowest BCUT2D eigenvalue weighted by Gasteiger charge is -2.28. The molecule has 152 valence electrons. The second kappa shape index (κ2) is 6.47. The summed E-state index contributed by atoms with van der Waals surface area (Å²) < 4.78 is 0. The molecule has 2 saturated heterocycles. The first-order valence-corrected chi connectivity index (χ1v) is 10.2. The van der Waals surface area contributed by atoms with Gasteiger partial charge in [-0.3, -0.25) is 34.3 Å². The van der Waals surface area contributed by atoms with Gasteiger partial charge in [0.05, 0.1) is 11.1 Å². The monoisotopic (exact) mass is 396 g/mol. The predicted molar refractivity (Wildman–Crippen MR) is 103 cm³/mol. The minimum absolute atomic E-state index is 0.118. The first-order chi connectivity index (χ1) is 13.9. The number of carbonyl (C=O) groups excluding carboxylic acids is 4. The van der Waals surface area contributed by atoms with Gasteiger partial charge in [-0.1, -0.05) is 12.1 Å². The number of nitrogens with one attached hydrogen (secondary N) is 1. The van der Waals surface area contributed by atoms with Crippen molar-refractivity contribution < 1.29 is 19.2 Å². The molecule has 3 aliphatic heterocycles. The Hall–Kier alpha value is -2.58. The molecule has 3 heterocycles. The number of nitrogens with two attached hydrogens (primary N) is 1. The van der Waals surface area contributed by atoms with E-state index in [9.17, 15) is 19.2 Å². The number of amides is 4. The Balaban J connectivity index is 1.41. The van der Waals surface area contributed by atoms with E-state index in [0.717, 1.165) is 23.6 Å². The summed E-state index contributed by atoms with van der Waals surface area (Å²) >= 11 is 0. The normalized spacial score (nSPS) is 28.2. The van der Waals surface area contributed by atoms with Crippen LogP contribution in [0.5, 0.6) is 0 Å². The predicted octanol–water partition coefficient (Wildman–Crippen LogP) is 0.258. The van der Waals surface area contributed by atoms with Gasteiger partial charge in [0.2, 0.25) is 11.8 Å². The minimum atomic E-state index is -0.934. The van der Waals surface area contributed by atoms with Crippen LogP contribution in [0.15, 0.2) is 18.2 Å². The van der Waals surface area contributed by atoms with Crippen molar-refractivity contribution in [3.05, 3.63) is 34.9 Å². The summed E-state index contributed by atoms with van der Waals surface area (Å²) in [5.74, 6) is -1.37. The summed E-state index contributed by atoms with van der Waals surface area (Å²) in [5, 5.41) is 2.23. The molecule has 8 heteroatoms. The number of carbonyl (C=O) groups is 4. The molecule has 29 heavy (non-hydrogen) atoms. The summed E-state index contributed by atoms with van der Waals surface area (Å²) in [7, 11) is 0. The van der Waals surface area contributed by atoms with Crippen LogP contribution in [0.4, 0.5) is 0 Å². The molecule has 1 spiro atoms. The number of nitrogens with zero attached hydrogens (tertiary/aromatic N) is 2. The highest BCUT2D eigenvalue weighted by molar-refractivity contribution is 6.24. The maximum absolute atomic E-state index is 13.2. The Morgan fingerprint density at radius 3 is 2.59 bits per heavy atom. The average molecular weight is 396 g/mol. The van der Waals surface area contributed by atoms with E-state index in [-0.39, 0.29) is 18.7 Å². The number of piperidine rings is 1. The van der Waals surface area contributed by atoms with Crippen molar-refractivity contribution in [2.24, 2.45) is 17.1 Å².